The number of hydrogen-bond donors (Lipinski definition) is 2. The molecule has 1 unspecified atom stereocenters. The molecule has 2 bridgehead atoms. The Morgan fingerprint density at radius 2 is 1.18 bits per heavy atom. The first-order chi connectivity index (χ1) is 10.3. The predicted molar refractivity (Wildman–Crippen MR) is 70.5 cm³/mol. The quantitative estimate of drug-likeness (QED) is 0.518. The van der Waals surface area contributed by atoms with E-state index in [0.29, 0.717) is 6.42 Å². The maximum atomic E-state index is 11.7. The van der Waals surface area contributed by atoms with E-state index >= 15 is 0 Å². The van der Waals surface area contributed by atoms with Gasteiger partial charge in [-0.3, -0.25) is 14.4 Å². The number of nitrogens with one attached hydrogen (secondary N) is 2. The Labute approximate surface area is 126 Å². The number of fused-ring (bicyclic) bond motifs is 2. The minimum Gasteiger partial charge on any atom is -0.456 e. The summed E-state index contributed by atoms with van der Waals surface area (Å²) in [5.74, 6) is -1.78. The highest BCUT2D eigenvalue weighted by Crippen LogP contribution is 2.30. The van der Waals surface area contributed by atoms with Gasteiger partial charge in [0.1, 0.15) is 0 Å². The normalized spacial score (nSPS) is 33.0. The first-order valence-corrected chi connectivity index (χ1v) is 6.86. The van der Waals surface area contributed by atoms with Gasteiger partial charge in [-0.15, -0.1) is 0 Å². The van der Waals surface area contributed by atoms with Crippen LogP contribution in [-0.4, -0.2) is 54.3 Å². The van der Waals surface area contributed by atoms with Crippen LogP contribution in [-0.2, 0) is 28.6 Å². The summed E-state index contributed by atoms with van der Waals surface area (Å²) in [6.07, 6.45) is -2.47. The predicted octanol–water partition coefficient (Wildman–Crippen LogP) is -0.765. The molecule has 2 fully saturated rings. The lowest BCUT2D eigenvalue weighted by molar-refractivity contribution is -0.197. The van der Waals surface area contributed by atoms with Crippen molar-refractivity contribution in [2.24, 2.45) is 0 Å². The second-order valence-corrected chi connectivity index (χ2v) is 5.29. The first kappa shape index (κ1) is 16.1. The lowest BCUT2D eigenvalue weighted by Gasteiger charge is -2.47. The topological polar surface area (TPSA) is 120 Å². The summed E-state index contributed by atoms with van der Waals surface area (Å²) >= 11 is 0. The smallest absolute Gasteiger partial charge is 0.315 e. The van der Waals surface area contributed by atoms with Crippen molar-refractivity contribution in [2.75, 3.05) is 0 Å². The second-order valence-electron chi connectivity index (χ2n) is 5.29. The molecule has 9 nitrogen and oxygen atoms in total. The lowest BCUT2D eigenvalue weighted by atomic mass is 9.82. The standard InChI is InChI=1S/C13H18N2O7/c1-5(16)20-10-8-4-9(15-13(19)14-8)11(21-6(2)17)12(10)22-7(3)18/h8-12H,4H2,1-3H3,(H2,14,15,19)/t8-,9+,10+,11-,12?. The maximum Gasteiger partial charge on any atom is 0.315 e. The van der Waals surface area contributed by atoms with Crippen LogP contribution in [0.2, 0.25) is 0 Å². The van der Waals surface area contributed by atoms with Crippen LogP contribution in [0.3, 0.4) is 0 Å². The summed E-state index contributed by atoms with van der Waals surface area (Å²) in [5.41, 5.74) is 0. The van der Waals surface area contributed by atoms with Crippen LogP contribution < -0.4 is 10.6 Å². The van der Waals surface area contributed by atoms with Gasteiger partial charge in [-0.2, -0.15) is 0 Å². The summed E-state index contributed by atoms with van der Waals surface area (Å²) in [6, 6.07) is -1.52. The summed E-state index contributed by atoms with van der Waals surface area (Å²) in [6.45, 7) is 3.62. The van der Waals surface area contributed by atoms with Gasteiger partial charge in [0.25, 0.3) is 0 Å². The van der Waals surface area contributed by atoms with Gasteiger partial charge in [0, 0.05) is 20.8 Å². The van der Waals surface area contributed by atoms with E-state index < -0.39 is 54.3 Å². The Bertz CT molecular complexity index is 473. The highest BCUT2D eigenvalue weighted by molar-refractivity contribution is 5.76. The largest absolute Gasteiger partial charge is 0.456 e. The fourth-order valence-corrected chi connectivity index (χ4v) is 2.85. The van der Waals surface area contributed by atoms with E-state index in [4.69, 9.17) is 14.2 Å². The Morgan fingerprint density at radius 1 is 0.818 bits per heavy atom. The van der Waals surface area contributed by atoms with Crippen LogP contribution in [0.15, 0.2) is 0 Å². The molecule has 2 rings (SSSR count). The number of carbonyl (C=O) groups excluding carboxylic acids is 4. The lowest BCUT2D eigenvalue weighted by Crippen LogP contribution is -2.72. The Kier molecular flexibility index (Phi) is 4.53. The van der Waals surface area contributed by atoms with E-state index in [1.165, 1.54) is 20.8 Å². The van der Waals surface area contributed by atoms with Crippen molar-refractivity contribution in [1.82, 2.24) is 10.6 Å². The molecule has 122 valence electrons. The molecule has 1 saturated carbocycles. The Balaban J connectivity index is 2.33. The van der Waals surface area contributed by atoms with E-state index in [0.717, 1.165) is 0 Å². The van der Waals surface area contributed by atoms with Crippen LogP contribution in [0.5, 0.6) is 0 Å². The molecule has 0 radical (unpaired) electrons. The molecule has 1 saturated heterocycles. The van der Waals surface area contributed by atoms with Gasteiger partial charge in [0.05, 0.1) is 12.1 Å². The molecule has 1 aliphatic heterocycles. The van der Waals surface area contributed by atoms with E-state index in [1.54, 1.807) is 0 Å². The number of hydrogen-bond acceptors (Lipinski definition) is 7. The molecule has 0 spiro atoms. The minimum absolute atomic E-state index is 0.374. The molecule has 5 atom stereocenters. The fourth-order valence-electron chi connectivity index (χ4n) is 2.85. The fraction of sp³-hybridized carbons (Fsp3) is 0.692. The number of carbonyl (C=O) groups is 4. The van der Waals surface area contributed by atoms with Crippen LogP contribution in [0.4, 0.5) is 4.79 Å². The van der Waals surface area contributed by atoms with Gasteiger partial charge in [0.15, 0.2) is 18.3 Å². The van der Waals surface area contributed by atoms with Gasteiger partial charge in [-0.05, 0) is 6.42 Å². The van der Waals surface area contributed by atoms with Gasteiger partial charge in [-0.1, -0.05) is 0 Å². The molecule has 2 aliphatic rings. The average molecular weight is 314 g/mol. The summed E-state index contributed by atoms with van der Waals surface area (Å²) in [4.78, 5) is 45.6. The highest BCUT2D eigenvalue weighted by Gasteiger charge is 2.53. The van der Waals surface area contributed by atoms with Gasteiger partial charge in [0.2, 0.25) is 0 Å². The number of ether oxygens (including phenoxy) is 3. The van der Waals surface area contributed by atoms with Gasteiger partial charge >= 0.3 is 23.9 Å². The zero-order valence-corrected chi connectivity index (χ0v) is 12.5. The van der Waals surface area contributed by atoms with Crippen molar-refractivity contribution in [2.45, 2.75) is 57.6 Å². The highest BCUT2D eigenvalue weighted by atomic mass is 16.6. The zero-order valence-electron chi connectivity index (χ0n) is 12.5. The second kappa shape index (κ2) is 6.20. The molecule has 0 aromatic carbocycles. The monoisotopic (exact) mass is 314 g/mol. The van der Waals surface area contributed by atoms with E-state index in [9.17, 15) is 19.2 Å². The SMILES string of the molecule is CC(=O)OC1[C@@H](OC(C)=O)[C@H]2C[C@H](NC(=O)N2)[C@H]1OC(C)=O. The molecular weight excluding hydrogens is 296 g/mol. The molecule has 0 aromatic rings. The van der Waals surface area contributed by atoms with Crippen molar-refractivity contribution in [1.29, 1.82) is 0 Å². The Hall–Kier alpha value is -2.32. The maximum absolute atomic E-state index is 11.7. The molecule has 0 aromatic heterocycles. The third kappa shape index (κ3) is 3.46. The summed E-state index contributed by atoms with van der Waals surface area (Å²) < 4.78 is 15.6. The van der Waals surface area contributed by atoms with Gasteiger partial charge in [-0.25, -0.2) is 4.79 Å². The van der Waals surface area contributed by atoms with Crippen molar-refractivity contribution < 1.29 is 33.4 Å². The van der Waals surface area contributed by atoms with Crippen LogP contribution in [0.25, 0.3) is 0 Å². The minimum atomic E-state index is -0.998. The van der Waals surface area contributed by atoms with E-state index in [1.807, 2.05) is 0 Å². The van der Waals surface area contributed by atoms with Crippen LogP contribution in [0.1, 0.15) is 27.2 Å². The molecule has 1 heterocycles. The summed E-state index contributed by atoms with van der Waals surface area (Å²) in [7, 11) is 0. The molecule has 2 N–H and O–H groups in total. The van der Waals surface area contributed by atoms with Crippen molar-refractivity contribution in [3.63, 3.8) is 0 Å². The summed E-state index contributed by atoms with van der Waals surface area (Å²) in [5, 5.41) is 5.24. The molecule has 22 heavy (non-hydrogen) atoms. The Morgan fingerprint density at radius 3 is 1.55 bits per heavy atom. The van der Waals surface area contributed by atoms with Crippen LogP contribution >= 0.6 is 0 Å². The van der Waals surface area contributed by atoms with E-state index in [2.05, 4.69) is 10.6 Å². The molecular formula is C13H18N2O7. The third-order valence-electron chi connectivity index (χ3n) is 3.49. The van der Waals surface area contributed by atoms with Crippen LogP contribution in [0, 0.1) is 0 Å². The average Bonchev–Trinajstić information content (AvgIpc) is 2.37. The zero-order chi connectivity index (χ0) is 16.4. The molecule has 2 amide bonds. The number of amides is 2. The van der Waals surface area contributed by atoms with Crippen molar-refractivity contribution in [3.8, 4) is 0 Å². The van der Waals surface area contributed by atoms with Gasteiger partial charge < -0.3 is 24.8 Å². The molecule has 1 aliphatic carbocycles. The van der Waals surface area contributed by atoms with E-state index in [-0.39, 0.29) is 0 Å². The van der Waals surface area contributed by atoms with Crippen molar-refractivity contribution in [3.05, 3.63) is 0 Å². The third-order valence-corrected chi connectivity index (χ3v) is 3.49. The number of rotatable bonds is 3. The number of esters is 3. The van der Waals surface area contributed by atoms with Crippen molar-refractivity contribution >= 4 is 23.9 Å². The number of urea groups is 1. The molecule has 9 heteroatoms. The first-order valence-electron chi connectivity index (χ1n) is 6.86.